The Kier molecular flexibility index (Phi) is 5.67. The zero-order valence-corrected chi connectivity index (χ0v) is 11.7. The Morgan fingerprint density at radius 2 is 2.24 bits per heavy atom. The van der Waals surface area contributed by atoms with Crippen LogP contribution in [-0.2, 0) is 6.54 Å². The smallest absolute Gasteiger partial charge is 0.230 e. The lowest BCUT2D eigenvalue weighted by molar-refractivity contribution is 0.238. The van der Waals surface area contributed by atoms with Crippen LogP contribution in [0.15, 0.2) is 0 Å². The summed E-state index contributed by atoms with van der Waals surface area (Å²) in [6, 6.07) is 0.129. The molecule has 0 amide bonds. The Bertz CT molecular complexity index is 337. The summed E-state index contributed by atoms with van der Waals surface area (Å²) in [5.41, 5.74) is 0. The van der Waals surface area contributed by atoms with Crippen LogP contribution < -0.4 is 15.0 Å². The highest BCUT2D eigenvalue weighted by Gasteiger charge is 2.14. The predicted molar refractivity (Wildman–Crippen MR) is 71.0 cm³/mol. The number of rotatable bonds is 7. The van der Waals surface area contributed by atoms with Crippen LogP contribution in [0.5, 0.6) is 5.88 Å². The summed E-state index contributed by atoms with van der Waals surface area (Å²) in [6.45, 7) is 2.87. The van der Waals surface area contributed by atoms with Gasteiger partial charge in [0.15, 0.2) is 5.13 Å². The van der Waals surface area contributed by atoms with Gasteiger partial charge in [-0.2, -0.15) is 4.98 Å². The van der Waals surface area contributed by atoms with Gasteiger partial charge in [-0.15, -0.1) is 0 Å². The topological polar surface area (TPSA) is 57.6 Å². The van der Waals surface area contributed by atoms with E-state index in [0.29, 0.717) is 12.4 Å². The van der Waals surface area contributed by atoms with E-state index in [2.05, 4.69) is 10.3 Å². The van der Waals surface area contributed by atoms with Crippen molar-refractivity contribution in [2.45, 2.75) is 25.9 Å². The molecule has 1 aromatic heterocycles. The van der Waals surface area contributed by atoms with Gasteiger partial charge in [0, 0.05) is 26.7 Å². The van der Waals surface area contributed by atoms with Crippen molar-refractivity contribution in [3.8, 4) is 5.88 Å². The first-order valence-corrected chi connectivity index (χ1v) is 6.49. The molecule has 0 saturated heterocycles. The highest BCUT2D eigenvalue weighted by Crippen LogP contribution is 2.30. The Balaban J connectivity index is 2.69. The number of hydrogen-bond acceptors (Lipinski definition) is 6. The molecule has 0 aromatic carbocycles. The van der Waals surface area contributed by atoms with E-state index in [4.69, 9.17) is 9.84 Å². The summed E-state index contributed by atoms with van der Waals surface area (Å²) < 4.78 is 5.25. The van der Waals surface area contributed by atoms with Gasteiger partial charge in [0.1, 0.15) is 0 Å². The Hall–Kier alpha value is -0.850. The second-order valence-electron chi connectivity index (χ2n) is 3.99. The number of aromatic nitrogens is 1. The summed E-state index contributed by atoms with van der Waals surface area (Å²) in [6.07, 6.45) is 0.901. The van der Waals surface area contributed by atoms with Crippen LogP contribution in [0.25, 0.3) is 0 Å². The molecule has 17 heavy (non-hydrogen) atoms. The van der Waals surface area contributed by atoms with Crippen LogP contribution in [0.2, 0.25) is 0 Å². The summed E-state index contributed by atoms with van der Waals surface area (Å²) >= 11 is 1.60. The highest BCUT2D eigenvalue weighted by atomic mass is 32.1. The normalized spacial score (nSPS) is 12.5. The first kappa shape index (κ1) is 14.2. The number of nitrogens with zero attached hydrogens (tertiary/aromatic N) is 2. The van der Waals surface area contributed by atoms with E-state index in [0.717, 1.165) is 16.4 Å². The largest absolute Gasteiger partial charge is 0.480 e. The van der Waals surface area contributed by atoms with E-state index in [1.54, 1.807) is 18.4 Å². The number of aliphatic hydroxyl groups is 1. The molecule has 0 aliphatic carbocycles. The fraction of sp³-hybridized carbons (Fsp3) is 0.727. The van der Waals surface area contributed by atoms with Crippen LogP contribution in [0.4, 0.5) is 5.13 Å². The third kappa shape index (κ3) is 3.83. The van der Waals surface area contributed by atoms with Crippen LogP contribution in [0, 0.1) is 0 Å². The molecule has 0 aliphatic rings. The van der Waals surface area contributed by atoms with E-state index >= 15 is 0 Å². The Labute approximate surface area is 106 Å². The van der Waals surface area contributed by atoms with Crippen molar-refractivity contribution in [2.24, 2.45) is 0 Å². The monoisotopic (exact) mass is 259 g/mol. The van der Waals surface area contributed by atoms with Crippen molar-refractivity contribution in [2.75, 3.05) is 32.7 Å². The number of hydrogen-bond donors (Lipinski definition) is 2. The molecule has 2 N–H and O–H groups in total. The van der Waals surface area contributed by atoms with Crippen LogP contribution in [0.1, 0.15) is 18.2 Å². The second-order valence-corrected chi connectivity index (χ2v) is 5.05. The molecular formula is C11H21N3O2S. The minimum absolute atomic E-state index is 0.129. The first-order chi connectivity index (χ1) is 8.12. The van der Waals surface area contributed by atoms with Crippen molar-refractivity contribution in [3.63, 3.8) is 0 Å². The minimum Gasteiger partial charge on any atom is -0.480 e. The fourth-order valence-electron chi connectivity index (χ4n) is 1.36. The molecule has 1 atom stereocenters. The van der Waals surface area contributed by atoms with Gasteiger partial charge < -0.3 is 20.1 Å². The van der Waals surface area contributed by atoms with Gasteiger partial charge in [-0.1, -0.05) is 18.3 Å². The molecule has 0 bridgehead atoms. The van der Waals surface area contributed by atoms with Crippen molar-refractivity contribution >= 4 is 16.5 Å². The third-order valence-electron chi connectivity index (χ3n) is 2.49. The van der Waals surface area contributed by atoms with Gasteiger partial charge in [-0.3, -0.25) is 0 Å². The zero-order valence-electron chi connectivity index (χ0n) is 10.9. The standard InChI is InChI=1S/C11H21N3O2S/c1-5-8(7-15)12-6-9-10(16-4)13-11(17-9)14(2)3/h8,12,15H,5-7H2,1-4H3/t8-/m0/s1. The third-order valence-corrected chi connectivity index (χ3v) is 3.69. The molecule has 6 heteroatoms. The molecule has 98 valence electrons. The maximum absolute atomic E-state index is 9.11. The van der Waals surface area contributed by atoms with Gasteiger partial charge in [0.05, 0.1) is 18.6 Å². The molecule has 0 saturated carbocycles. The van der Waals surface area contributed by atoms with E-state index in [1.165, 1.54) is 0 Å². The first-order valence-electron chi connectivity index (χ1n) is 5.67. The molecule has 0 radical (unpaired) electrons. The van der Waals surface area contributed by atoms with Gasteiger partial charge >= 0.3 is 0 Å². The highest BCUT2D eigenvalue weighted by molar-refractivity contribution is 7.15. The van der Waals surface area contributed by atoms with E-state index in [9.17, 15) is 0 Å². The Morgan fingerprint density at radius 3 is 2.71 bits per heavy atom. The minimum atomic E-state index is 0.129. The quantitative estimate of drug-likeness (QED) is 0.767. The molecule has 0 fully saturated rings. The summed E-state index contributed by atoms with van der Waals surface area (Å²) in [4.78, 5) is 7.39. The maximum Gasteiger partial charge on any atom is 0.230 e. The average Bonchev–Trinajstić information content (AvgIpc) is 2.74. The fourth-order valence-corrected chi connectivity index (χ4v) is 2.27. The van der Waals surface area contributed by atoms with Crippen molar-refractivity contribution in [1.82, 2.24) is 10.3 Å². The predicted octanol–water partition coefficient (Wildman–Crippen LogP) is 1.08. The molecule has 0 unspecified atom stereocenters. The van der Waals surface area contributed by atoms with Gasteiger partial charge in [0.2, 0.25) is 5.88 Å². The van der Waals surface area contributed by atoms with Crippen LogP contribution in [0.3, 0.4) is 0 Å². The lowest BCUT2D eigenvalue weighted by atomic mass is 10.2. The Morgan fingerprint density at radius 1 is 1.53 bits per heavy atom. The SMILES string of the molecule is CC[C@@H](CO)NCc1sc(N(C)C)nc1OC. The van der Waals surface area contributed by atoms with Crippen molar-refractivity contribution in [3.05, 3.63) is 4.88 Å². The molecular weight excluding hydrogens is 238 g/mol. The molecule has 0 spiro atoms. The van der Waals surface area contributed by atoms with Crippen molar-refractivity contribution in [1.29, 1.82) is 0 Å². The van der Waals surface area contributed by atoms with Crippen molar-refractivity contribution < 1.29 is 9.84 Å². The molecule has 0 aliphatic heterocycles. The number of methoxy groups -OCH3 is 1. The second kappa shape index (κ2) is 6.78. The lowest BCUT2D eigenvalue weighted by Crippen LogP contribution is -2.30. The number of anilines is 1. The van der Waals surface area contributed by atoms with Crippen LogP contribution >= 0.6 is 11.3 Å². The van der Waals surface area contributed by atoms with E-state index in [1.807, 2.05) is 25.9 Å². The van der Waals surface area contributed by atoms with Gasteiger partial charge in [-0.25, -0.2) is 0 Å². The summed E-state index contributed by atoms with van der Waals surface area (Å²) in [5.74, 6) is 0.666. The maximum atomic E-state index is 9.11. The molecule has 1 heterocycles. The molecule has 1 rings (SSSR count). The number of thiazole rings is 1. The molecule has 5 nitrogen and oxygen atoms in total. The molecule has 1 aromatic rings. The average molecular weight is 259 g/mol. The van der Waals surface area contributed by atoms with Gasteiger partial charge in [0.25, 0.3) is 0 Å². The number of nitrogens with one attached hydrogen (secondary N) is 1. The van der Waals surface area contributed by atoms with E-state index in [-0.39, 0.29) is 12.6 Å². The van der Waals surface area contributed by atoms with Crippen LogP contribution in [-0.4, -0.2) is 43.9 Å². The summed E-state index contributed by atoms with van der Waals surface area (Å²) in [7, 11) is 5.54. The number of ether oxygens (including phenoxy) is 1. The van der Waals surface area contributed by atoms with E-state index < -0.39 is 0 Å². The zero-order chi connectivity index (χ0) is 12.8. The summed E-state index contributed by atoms with van der Waals surface area (Å²) in [5, 5.41) is 13.3. The lowest BCUT2D eigenvalue weighted by Gasteiger charge is -2.13. The number of aliphatic hydroxyl groups excluding tert-OH is 1. The van der Waals surface area contributed by atoms with Gasteiger partial charge in [-0.05, 0) is 6.42 Å².